The minimum absolute atomic E-state index is 0.0266. The number of carbonyl (C=O) groups is 4. The summed E-state index contributed by atoms with van der Waals surface area (Å²) in [5.74, 6) is -0.635. The molecule has 0 unspecified atom stereocenters. The summed E-state index contributed by atoms with van der Waals surface area (Å²) in [6.45, 7) is 9.18. The van der Waals surface area contributed by atoms with E-state index in [1.807, 2.05) is 20.8 Å². The smallest absolute Gasteiger partial charge is 0.343 e. The van der Waals surface area contributed by atoms with Gasteiger partial charge in [0.25, 0.3) is 5.91 Å². The number of ether oxygens (including phenoxy) is 3. The van der Waals surface area contributed by atoms with Gasteiger partial charge in [-0.05, 0) is 88.4 Å². The number of nitrogens with zero attached hydrogens (tertiary/aromatic N) is 1. The number of rotatable bonds is 9. The Bertz CT molecular complexity index is 1070. The molecule has 3 atom stereocenters. The van der Waals surface area contributed by atoms with E-state index < -0.39 is 52.3 Å². The fourth-order valence-corrected chi connectivity index (χ4v) is 8.72. The van der Waals surface area contributed by atoms with Crippen LogP contribution in [0.3, 0.4) is 0 Å². The van der Waals surface area contributed by atoms with E-state index >= 15 is 0 Å². The average molecular weight is 560 g/mol. The lowest BCUT2D eigenvalue weighted by atomic mass is 9.49. The van der Waals surface area contributed by atoms with Crippen LogP contribution < -0.4 is 0 Å². The molecule has 4 aliphatic carbocycles. The molecule has 222 valence electrons. The van der Waals surface area contributed by atoms with Gasteiger partial charge >= 0.3 is 11.9 Å². The number of aliphatic hydroxyl groups is 1. The average Bonchev–Trinajstić information content (AvgIpc) is 3.29. The molecule has 4 bridgehead atoms. The summed E-state index contributed by atoms with van der Waals surface area (Å²) in [6.07, 6.45) is 7.27. The number of fused-ring (bicyclic) bond motifs is 1. The van der Waals surface area contributed by atoms with E-state index in [4.69, 9.17) is 14.2 Å². The van der Waals surface area contributed by atoms with Gasteiger partial charge in [0.05, 0.1) is 19.3 Å². The SMILES string of the molecule is CCOC(=O)[C@@]12C(=O)/C(=C(/O)CCCC(=O)OCCC34CC5CC(CC(C5)C3)C4)C(=O)N1[C@@H](C(C)(C)C)O[C@@H]2C. The largest absolute Gasteiger partial charge is 0.511 e. The number of aliphatic hydroxyl groups excluding tert-OH is 1. The van der Waals surface area contributed by atoms with Crippen LogP contribution >= 0.6 is 0 Å². The number of allylic oxidation sites excluding steroid dienone is 1. The molecule has 6 fully saturated rings. The van der Waals surface area contributed by atoms with Gasteiger partial charge in [-0.25, -0.2) is 4.79 Å². The summed E-state index contributed by atoms with van der Waals surface area (Å²) >= 11 is 0. The molecule has 9 heteroatoms. The molecule has 1 N–H and O–H groups in total. The maximum absolute atomic E-state index is 13.7. The summed E-state index contributed by atoms with van der Waals surface area (Å²) < 4.78 is 16.8. The lowest BCUT2D eigenvalue weighted by Gasteiger charge is -2.57. The Balaban J connectivity index is 1.20. The van der Waals surface area contributed by atoms with E-state index in [0.717, 1.165) is 29.1 Å². The summed E-state index contributed by atoms with van der Waals surface area (Å²) in [5, 5.41) is 10.9. The zero-order valence-electron chi connectivity index (χ0n) is 24.6. The predicted octanol–water partition coefficient (Wildman–Crippen LogP) is 4.62. The van der Waals surface area contributed by atoms with Crippen molar-refractivity contribution in [2.45, 2.75) is 117 Å². The third kappa shape index (κ3) is 4.76. The van der Waals surface area contributed by atoms with Gasteiger partial charge in [-0.15, -0.1) is 0 Å². The fraction of sp³-hybridized carbons (Fsp3) is 0.806. The van der Waals surface area contributed by atoms with Crippen molar-refractivity contribution >= 4 is 23.6 Å². The molecule has 2 saturated heterocycles. The molecule has 0 radical (unpaired) electrons. The number of hydrogen-bond donors (Lipinski definition) is 1. The Morgan fingerprint density at radius 3 is 2.17 bits per heavy atom. The van der Waals surface area contributed by atoms with Gasteiger partial charge in [-0.2, -0.15) is 0 Å². The Morgan fingerprint density at radius 2 is 1.62 bits per heavy atom. The molecule has 0 aromatic heterocycles. The highest BCUT2D eigenvalue weighted by molar-refractivity contribution is 6.35. The first-order valence-electron chi connectivity index (χ1n) is 15.1. The van der Waals surface area contributed by atoms with Crippen molar-refractivity contribution in [3.8, 4) is 0 Å². The van der Waals surface area contributed by atoms with E-state index in [0.29, 0.717) is 12.0 Å². The molecule has 1 amide bonds. The van der Waals surface area contributed by atoms with Crippen LogP contribution in [0.5, 0.6) is 0 Å². The van der Waals surface area contributed by atoms with Gasteiger partial charge in [0.15, 0.2) is 0 Å². The molecule has 0 aromatic carbocycles. The fourth-order valence-electron chi connectivity index (χ4n) is 8.72. The van der Waals surface area contributed by atoms with Crippen LogP contribution in [0.15, 0.2) is 11.3 Å². The van der Waals surface area contributed by atoms with Gasteiger partial charge in [0.2, 0.25) is 11.3 Å². The van der Waals surface area contributed by atoms with Gasteiger partial charge in [0.1, 0.15) is 17.6 Å². The van der Waals surface area contributed by atoms with Crippen molar-refractivity contribution in [2.24, 2.45) is 28.6 Å². The zero-order valence-corrected chi connectivity index (χ0v) is 24.6. The topological polar surface area (TPSA) is 119 Å². The molecule has 2 aliphatic heterocycles. The van der Waals surface area contributed by atoms with Gasteiger partial charge in [-0.3, -0.25) is 19.3 Å². The molecule has 6 aliphatic rings. The summed E-state index contributed by atoms with van der Waals surface area (Å²) in [6, 6.07) is 0. The van der Waals surface area contributed by atoms with Crippen LogP contribution in [0.1, 0.15) is 98.8 Å². The van der Waals surface area contributed by atoms with Crippen molar-refractivity contribution in [2.75, 3.05) is 13.2 Å². The number of ketones is 1. The Hall–Kier alpha value is -2.42. The molecule has 0 aromatic rings. The van der Waals surface area contributed by atoms with E-state index in [1.54, 1.807) is 13.8 Å². The first-order chi connectivity index (χ1) is 18.8. The minimum Gasteiger partial charge on any atom is -0.511 e. The standard InChI is InChI=1S/C31H45NO8/c1-6-38-28(37)31-18(2)40-27(29(3,4)5)32(31)26(36)24(25(31)35)22(33)8-7-9-23(34)39-11-10-30-15-19-12-20(16-30)14-21(13-19)17-30/h18-21,27,33H,6-17H2,1-5H3/b24-22-/t18-,19?,20?,21?,27-,30?,31-/m1/s1. The van der Waals surface area contributed by atoms with Crippen LogP contribution in [0.2, 0.25) is 0 Å². The molecule has 40 heavy (non-hydrogen) atoms. The van der Waals surface area contributed by atoms with Gasteiger partial charge in [-0.1, -0.05) is 20.8 Å². The second-order valence-electron chi connectivity index (χ2n) is 14.1. The van der Waals surface area contributed by atoms with Crippen LogP contribution in [-0.2, 0) is 33.4 Å². The number of hydrogen-bond acceptors (Lipinski definition) is 8. The maximum atomic E-state index is 13.7. The van der Waals surface area contributed by atoms with E-state index in [2.05, 4.69) is 0 Å². The number of Topliss-reactive ketones (excluding diaryl/α,β-unsaturated/α-hetero) is 1. The first kappa shape index (κ1) is 29.1. The van der Waals surface area contributed by atoms with Gasteiger partial charge < -0.3 is 19.3 Å². The molecule has 0 spiro atoms. The van der Waals surface area contributed by atoms with Crippen LogP contribution in [0.25, 0.3) is 0 Å². The Morgan fingerprint density at radius 1 is 1.02 bits per heavy atom. The summed E-state index contributed by atoms with van der Waals surface area (Å²) in [4.78, 5) is 54.1. The second kappa shape index (κ2) is 10.4. The van der Waals surface area contributed by atoms with Crippen molar-refractivity contribution in [3.63, 3.8) is 0 Å². The molecular weight excluding hydrogens is 514 g/mol. The van der Waals surface area contributed by atoms with Crippen molar-refractivity contribution in [3.05, 3.63) is 11.3 Å². The lowest BCUT2D eigenvalue weighted by Crippen LogP contribution is -2.60. The molecule has 4 saturated carbocycles. The number of carbonyl (C=O) groups excluding carboxylic acids is 4. The van der Waals surface area contributed by atoms with E-state index in [-0.39, 0.29) is 31.8 Å². The first-order valence-corrected chi connectivity index (χ1v) is 15.1. The van der Waals surface area contributed by atoms with Crippen molar-refractivity contribution in [1.29, 1.82) is 0 Å². The molecular formula is C31H45NO8. The van der Waals surface area contributed by atoms with Crippen LogP contribution in [0, 0.1) is 28.6 Å². The minimum atomic E-state index is -1.98. The quantitative estimate of drug-likeness (QED) is 0.143. The monoisotopic (exact) mass is 559 g/mol. The van der Waals surface area contributed by atoms with Crippen LogP contribution in [-0.4, -0.2) is 64.7 Å². The molecule has 6 rings (SSSR count). The summed E-state index contributed by atoms with van der Waals surface area (Å²) in [7, 11) is 0. The van der Waals surface area contributed by atoms with Gasteiger partial charge in [0, 0.05) is 18.3 Å². The van der Waals surface area contributed by atoms with E-state index in [9.17, 15) is 24.3 Å². The highest BCUT2D eigenvalue weighted by atomic mass is 16.6. The Kier molecular flexibility index (Phi) is 7.60. The van der Waals surface area contributed by atoms with Crippen LogP contribution in [0.4, 0.5) is 0 Å². The molecule has 2 heterocycles. The number of amides is 1. The third-order valence-electron chi connectivity index (χ3n) is 10.0. The second-order valence-corrected chi connectivity index (χ2v) is 14.1. The highest BCUT2D eigenvalue weighted by Gasteiger charge is 2.73. The summed E-state index contributed by atoms with van der Waals surface area (Å²) in [5.41, 5.74) is -2.67. The van der Waals surface area contributed by atoms with Crippen molar-refractivity contribution < 1.29 is 38.5 Å². The maximum Gasteiger partial charge on any atom is 0.343 e. The van der Waals surface area contributed by atoms with Crippen molar-refractivity contribution in [1.82, 2.24) is 4.90 Å². The predicted molar refractivity (Wildman–Crippen MR) is 145 cm³/mol. The Labute approximate surface area is 237 Å². The highest BCUT2D eigenvalue weighted by Crippen LogP contribution is 2.61. The normalized spacial score (nSPS) is 37.6. The third-order valence-corrected chi connectivity index (χ3v) is 10.0. The lowest BCUT2D eigenvalue weighted by molar-refractivity contribution is -0.162. The number of esters is 2. The zero-order chi connectivity index (χ0) is 29.0. The van der Waals surface area contributed by atoms with E-state index in [1.165, 1.54) is 38.5 Å². The molecule has 9 nitrogen and oxygen atoms in total.